The third kappa shape index (κ3) is 2.85. The van der Waals surface area contributed by atoms with E-state index in [4.69, 9.17) is 4.74 Å². The summed E-state index contributed by atoms with van der Waals surface area (Å²) in [6.45, 7) is 0. The Morgan fingerprint density at radius 2 is 2.00 bits per heavy atom. The van der Waals surface area contributed by atoms with Gasteiger partial charge in [0.25, 0.3) is 5.91 Å². The Bertz CT molecular complexity index is 642. The third-order valence-corrected chi connectivity index (χ3v) is 3.81. The molecule has 3 nitrogen and oxygen atoms in total. The number of halogens is 1. The van der Waals surface area contributed by atoms with Gasteiger partial charge in [0.15, 0.2) is 6.10 Å². The zero-order chi connectivity index (χ0) is 13.9. The third-order valence-electron chi connectivity index (χ3n) is 3.32. The molecule has 1 amide bonds. The number of hydrogen-bond acceptors (Lipinski definition) is 2. The van der Waals surface area contributed by atoms with Gasteiger partial charge in [-0.25, -0.2) is 0 Å². The molecule has 0 spiro atoms. The monoisotopic (exact) mass is 331 g/mol. The normalized spacial score (nSPS) is 17.9. The van der Waals surface area contributed by atoms with Crippen molar-refractivity contribution in [3.63, 3.8) is 0 Å². The maximum Gasteiger partial charge on any atom is 0.265 e. The van der Waals surface area contributed by atoms with Crippen molar-refractivity contribution in [2.45, 2.75) is 18.9 Å². The Morgan fingerprint density at radius 1 is 1.15 bits per heavy atom. The van der Waals surface area contributed by atoms with Crippen LogP contribution in [0.5, 0.6) is 5.75 Å². The number of amides is 1. The number of ether oxygens (including phenoxy) is 1. The molecule has 1 N–H and O–H groups in total. The first-order valence-corrected chi connectivity index (χ1v) is 7.33. The number of fused-ring (bicyclic) bond motifs is 1. The summed E-state index contributed by atoms with van der Waals surface area (Å²) in [4.78, 5) is 12.2. The zero-order valence-electron chi connectivity index (χ0n) is 10.8. The summed E-state index contributed by atoms with van der Waals surface area (Å²) in [5.74, 6) is 0.611. The van der Waals surface area contributed by atoms with E-state index >= 15 is 0 Å². The van der Waals surface area contributed by atoms with Crippen LogP contribution < -0.4 is 10.1 Å². The van der Waals surface area contributed by atoms with Crippen molar-refractivity contribution in [1.82, 2.24) is 0 Å². The zero-order valence-corrected chi connectivity index (χ0v) is 12.4. The molecule has 1 atom stereocenters. The Balaban J connectivity index is 1.78. The average molecular weight is 332 g/mol. The highest BCUT2D eigenvalue weighted by Gasteiger charge is 2.24. The second-order valence-electron chi connectivity index (χ2n) is 4.75. The van der Waals surface area contributed by atoms with Crippen molar-refractivity contribution in [1.29, 1.82) is 0 Å². The summed E-state index contributed by atoms with van der Waals surface area (Å²) in [5, 5.41) is 2.93. The number of aryl methyl sites for hydroxylation is 1. The summed E-state index contributed by atoms with van der Waals surface area (Å²) >= 11 is 3.40. The van der Waals surface area contributed by atoms with Gasteiger partial charge < -0.3 is 10.1 Å². The lowest BCUT2D eigenvalue weighted by atomic mass is 10.1. The molecule has 0 radical (unpaired) electrons. The van der Waals surface area contributed by atoms with Gasteiger partial charge >= 0.3 is 0 Å². The molecule has 4 heteroatoms. The van der Waals surface area contributed by atoms with Crippen molar-refractivity contribution in [3.8, 4) is 5.75 Å². The summed E-state index contributed by atoms with van der Waals surface area (Å²) < 4.78 is 6.75. The molecular formula is C16H14BrNO2. The fourth-order valence-corrected chi connectivity index (χ4v) is 2.69. The van der Waals surface area contributed by atoms with Gasteiger partial charge in [-0.3, -0.25) is 4.79 Å². The lowest BCUT2D eigenvalue weighted by Crippen LogP contribution is -2.31. The molecule has 2 aromatic rings. The topological polar surface area (TPSA) is 38.3 Å². The molecule has 0 saturated heterocycles. The van der Waals surface area contributed by atoms with Crippen molar-refractivity contribution in [3.05, 3.63) is 58.6 Å². The second kappa shape index (κ2) is 5.67. The Labute approximate surface area is 126 Å². The van der Waals surface area contributed by atoms with Crippen LogP contribution in [-0.4, -0.2) is 12.0 Å². The molecule has 1 aliphatic rings. The van der Waals surface area contributed by atoms with Gasteiger partial charge in [0.2, 0.25) is 0 Å². The fourth-order valence-electron chi connectivity index (χ4n) is 2.31. The highest BCUT2D eigenvalue weighted by molar-refractivity contribution is 9.10. The number of rotatable bonds is 2. The minimum atomic E-state index is -0.461. The number of anilines is 1. The number of benzene rings is 2. The quantitative estimate of drug-likeness (QED) is 0.909. The smallest absolute Gasteiger partial charge is 0.265 e. The highest BCUT2D eigenvalue weighted by Crippen LogP contribution is 2.25. The number of nitrogens with one attached hydrogen (secondary N) is 1. The molecule has 1 unspecified atom stereocenters. The molecule has 0 bridgehead atoms. The number of carbonyl (C=O) groups excluding carboxylic acids is 1. The number of carbonyl (C=O) groups is 1. The minimum absolute atomic E-state index is 0.0880. The Kier molecular flexibility index (Phi) is 3.74. The van der Waals surface area contributed by atoms with Crippen molar-refractivity contribution in [2.24, 2.45) is 0 Å². The van der Waals surface area contributed by atoms with Crippen LogP contribution in [0.25, 0.3) is 0 Å². The maximum absolute atomic E-state index is 12.2. The van der Waals surface area contributed by atoms with Gasteiger partial charge in [-0.15, -0.1) is 0 Å². The van der Waals surface area contributed by atoms with Crippen LogP contribution >= 0.6 is 15.9 Å². The van der Waals surface area contributed by atoms with Crippen LogP contribution in [0.15, 0.2) is 53.0 Å². The van der Waals surface area contributed by atoms with Gasteiger partial charge in [-0.2, -0.15) is 0 Å². The van der Waals surface area contributed by atoms with Crippen LogP contribution in [0.4, 0.5) is 5.69 Å². The van der Waals surface area contributed by atoms with E-state index in [0.717, 1.165) is 22.1 Å². The first-order chi connectivity index (χ1) is 9.72. The van der Waals surface area contributed by atoms with E-state index in [1.54, 1.807) is 0 Å². The molecule has 1 aliphatic heterocycles. The fraction of sp³-hybridized carbons (Fsp3) is 0.188. The predicted molar refractivity (Wildman–Crippen MR) is 82.0 cm³/mol. The van der Waals surface area contributed by atoms with E-state index in [1.807, 2.05) is 48.5 Å². The van der Waals surface area contributed by atoms with E-state index in [2.05, 4.69) is 21.2 Å². The lowest BCUT2D eigenvalue weighted by Gasteiger charge is -2.16. The van der Waals surface area contributed by atoms with E-state index in [0.29, 0.717) is 12.2 Å². The van der Waals surface area contributed by atoms with E-state index in [-0.39, 0.29) is 5.91 Å². The highest BCUT2D eigenvalue weighted by atomic mass is 79.9. The van der Waals surface area contributed by atoms with Gasteiger partial charge in [-0.1, -0.05) is 40.2 Å². The molecule has 0 fully saturated rings. The Morgan fingerprint density at radius 3 is 2.85 bits per heavy atom. The molecule has 0 aliphatic carbocycles. The van der Waals surface area contributed by atoms with Crippen LogP contribution in [0.1, 0.15) is 12.0 Å². The average Bonchev–Trinajstić information content (AvgIpc) is 2.59. The molecule has 3 rings (SSSR count). The van der Waals surface area contributed by atoms with Gasteiger partial charge in [0, 0.05) is 10.2 Å². The summed E-state index contributed by atoms with van der Waals surface area (Å²) in [6, 6.07) is 15.4. The first-order valence-electron chi connectivity index (χ1n) is 6.53. The molecule has 20 heavy (non-hydrogen) atoms. The minimum Gasteiger partial charge on any atom is -0.481 e. The first kappa shape index (κ1) is 13.2. The molecule has 2 aromatic carbocycles. The molecule has 0 saturated carbocycles. The molecule has 1 heterocycles. The maximum atomic E-state index is 12.2. The standard InChI is InChI=1S/C16H14BrNO2/c17-12-5-3-6-13(10-12)20-15-9-8-11-4-1-2-7-14(11)18-16(15)19/h1-7,10,15H,8-9H2,(H,18,19). The number of hydrogen-bond donors (Lipinski definition) is 1. The van der Waals surface area contributed by atoms with Crippen LogP contribution in [0.3, 0.4) is 0 Å². The summed E-state index contributed by atoms with van der Waals surface area (Å²) in [6.07, 6.45) is 1.04. The largest absolute Gasteiger partial charge is 0.481 e. The molecule has 0 aromatic heterocycles. The predicted octanol–water partition coefficient (Wildman–Crippen LogP) is 3.78. The SMILES string of the molecule is O=C1Nc2ccccc2CCC1Oc1cccc(Br)c1. The second-order valence-corrected chi connectivity index (χ2v) is 5.66. The van der Waals surface area contributed by atoms with Crippen LogP contribution in [-0.2, 0) is 11.2 Å². The van der Waals surface area contributed by atoms with Gasteiger partial charge in [0.05, 0.1) is 0 Å². The molecule has 102 valence electrons. The molecular weight excluding hydrogens is 318 g/mol. The van der Waals surface area contributed by atoms with Crippen LogP contribution in [0.2, 0.25) is 0 Å². The van der Waals surface area contributed by atoms with E-state index in [1.165, 1.54) is 0 Å². The van der Waals surface area contributed by atoms with Crippen molar-refractivity contribution >= 4 is 27.5 Å². The van der Waals surface area contributed by atoms with Crippen molar-refractivity contribution < 1.29 is 9.53 Å². The summed E-state index contributed by atoms with van der Waals surface area (Å²) in [7, 11) is 0. The summed E-state index contributed by atoms with van der Waals surface area (Å²) in [5.41, 5.74) is 2.04. The van der Waals surface area contributed by atoms with Gasteiger partial charge in [-0.05, 0) is 42.7 Å². The van der Waals surface area contributed by atoms with Crippen LogP contribution in [0, 0.1) is 0 Å². The van der Waals surface area contributed by atoms with Crippen molar-refractivity contribution in [2.75, 3.05) is 5.32 Å². The van der Waals surface area contributed by atoms with E-state index in [9.17, 15) is 4.79 Å². The lowest BCUT2D eigenvalue weighted by molar-refractivity contribution is -0.122. The number of para-hydroxylation sites is 1. The Hall–Kier alpha value is -1.81. The van der Waals surface area contributed by atoms with Gasteiger partial charge in [0.1, 0.15) is 5.75 Å². The van der Waals surface area contributed by atoms with E-state index < -0.39 is 6.10 Å².